The Kier molecular flexibility index (Phi) is 56.5. The van der Waals surface area contributed by atoms with Crippen molar-refractivity contribution in [3.05, 3.63) is 0 Å². The van der Waals surface area contributed by atoms with Crippen LogP contribution < -0.4 is 5.32 Å². The van der Waals surface area contributed by atoms with Crippen LogP contribution in [0.15, 0.2) is 0 Å². The Morgan fingerprint density at radius 2 is 0.612 bits per heavy atom. The van der Waals surface area contributed by atoms with Crippen molar-refractivity contribution in [2.45, 2.75) is 366 Å². The summed E-state index contributed by atoms with van der Waals surface area (Å²) >= 11 is 0. The molecular formula is C61H121NO5. The molecule has 6 heteroatoms. The number of amides is 1. The number of nitrogens with one attached hydrogen (secondary N) is 1. The van der Waals surface area contributed by atoms with Gasteiger partial charge in [-0.25, -0.2) is 0 Å². The molecule has 0 saturated heterocycles. The van der Waals surface area contributed by atoms with Crippen LogP contribution in [0.1, 0.15) is 354 Å². The van der Waals surface area contributed by atoms with Gasteiger partial charge < -0.3 is 20.3 Å². The lowest BCUT2D eigenvalue weighted by Crippen LogP contribution is -2.45. The molecule has 2 unspecified atom stereocenters. The first-order chi connectivity index (χ1) is 33.0. The first-order valence-corrected chi connectivity index (χ1v) is 30.8. The summed E-state index contributed by atoms with van der Waals surface area (Å²) in [5, 5.41) is 23.3. The molecule has 0 aliphatic rings. The van der Waals surface area contributed by atoms with Crippen LogP contribution in [0.5, 0.6) is 0 Å². The van der Waals surface area contributed by atoms with Crippen LogP contribution in [-0.4, -0.2) is 47.4 Å². The van der Waals surface area contributed by atoms with E-state index in [0.29, 0.717) is 25.9 Å². The molecule has 0 rings (SSSR count). The molecule has 0 heterocycles. The van der Waals surface area contributed by atoms with Gasteiger partial charge in [-0.15, -0.1) is 0 Å². The molecule has 0 radical (unpaired) electrons. The van der Waals surface area contributed by atoms with Gasteiger partial charge in [-0.1, -0.05) is 316 Å². The van der Waals surface area contributed by atoms with E-state index in [1.54, 1.807) is 0 Å². The van der Waals surface area contributed by atoms with Gasteiger partial charge in [-0.2, -0.15) is 0 Å². The highest BCUT2D eigenvalue weighted by Gasteiger charge is 2.20. The van der Waals surface area contributed by atoms with Crippen LogP contribution in [0.25, 0.3) is 0 Å². The molecule has 400 valence electrons. The molecule has 3 N–H and O–H groups in total. The Morgan fingerprint density at radius 1 is 0.358 bits per heavy atom. The summed E-state index contributed by atoms with van der Waals surface area (Å²) in [6, 6.07) is -0.544. The fourth-order valence-electron chi connectivity index (χ4n) is 9.94. The molecule has 0 aromatic rings. The highest BCUT2D eigenvalue weighted by Crippen LogP contribution is 2.18. The zero-order valence-corrected chi connectivity index (χ0v) is 45.7. The van der Waals surface area contributed by atoms with E-state index in [0.717, 1.165) is 38.5 Å². The van der Waals surface area contributed by atoms with Gasteiger partial charge in [-0.3, -0.25) is 9.59 Å². The van der Waals surface area contributed by atoms with Gasteiger partial charge in [-0.05, 0) is 25.7 Å². The maximum atomic E-state index is 12.5. The normalized spacial score (nSPS) is 12.5. The van der Waals surface area contributed by atoms with Crippen molar-refractivity contribution in [2.24, 2.45) is 0 Å². The van der Waals surface area contributed by atoms with E-state index in [4.69, 9.17) is 4.74 Å². The summed E-state index contributed by atoms with van der Waals surface area (Å²) in [5.74, 6) is -0.0262. The van der Waals surface area contributed by atoms with Crippen LogP contribution >= 0.6 is 0 Å². The van der Waals surface area contributed by atoms with Gasteiger partial charge in [0.25, 0.3) is 0 Å². The first-order valence-electron chi connectivity index (χ1n) is 30.8. The molecule has 67 heavy (non-hydrogen) atoms. The smallest absolute Gasteiger partial charge is 0.305 e. The SMILES string of the molecule is CCCCCCCCCCCCCCCCCCCCCC(=O)OCCCCCCCCCCCCCCCCCCCC(=O)NC(CO)C(O)CCCCCCCCCCCCCCCC. The van der Waals surface area contributed by atoms with Crippen molar-refractivity contribution in [1.29, 1.82) is 0 Å². The number of rotatable bonds is 58. The van der Waals surface area contributed by atoms with Crippen molar-refractivity contribution in [3.63, 3.8) is 0 Å². The minimum absolute atomic E-state index is 0.0112. The average Bonchev–Trinajstić information content (AvgIpc) is 3.33. The molecule has 0 aromatic carbocycles. The number of hydrogen-bond acceptors (Lipinski definition) is 5. The van der Waals surface area contributed by atoms with Crippen LogP contribution in [-0.2, 0) is 14.3 Å². The van der Waals surface area contributed by atoms with Crippen LogP contribution in [0.2, 0.25) is 0 Å². The lowest BCUT2D eigenvalue weighted by Gasteiger charge is -2.22. The third kappa shape index (κ3) is 54.0. The molecule has 1 amide bonds. The van der Waals surface area contributed by atoms with Gasteiger partial charge >= 0.3 is 5.97 Å². The van der Waals surface area contributed by atoms with Gasteiger partial charge in [0.15, 0.2) is 0 Å². The average molecular weight is 949 g/mol. The molecule has 0 saturated carbocycles. The molecule has 0 fully saturated rings. The maximum Gasteiger partial charge on any atom is 0.305 e. The molecule has 0 aliphatic carbocycles. The zero-order valence-electron chi connectivity index (χ0n) is 45.7. The van der Waals surface area contributed by atoms with Crippen molar-refractivity contribution in [3.8, 4) is 0 Å². The minimum atomic E-state index is -0.666. The summed E-state index contributed by atoms with van der Waals surface area (Å²) in [7, 11) is 0. The second kappa shape index (κ2) is 57.4. The van der Waals surface area contributed by atoms with Crippen LogP contribution in [0.3, 0.4) is 0 Å². The van der Waals surface area contributed by atoms with Crippen molar-refractivity contribution in [1.82, 2.24) is 5.32 Å². The first kappa shape index (κ1) is 65.9. The van der Waals surface area contributed by atoms with E-state index in [2.05, 4.69) is 19.2 Å². The fourth-order valence-corrected chi connectivity index (χ4v) is 9.94. The van der Waals surface area contributed by atoms with E-state index in [9.17, 15) is 19.8 Å². The molecule has 6 nitrogen and oxygen atoms in total. The predicted molar refractivity (Wildman–Crippen MR) is 292 cm³/mol. The Hall–Kier alpha value is -1.14. The third-order valence-electron chi connectivity index (χ3n) is 14.7. The number of carbonyl (C=O) groups is 2. The maximum absolute atomic E-state index is 12.5. The molecular weight excluding hydrogens is 827 g/mol. The number of unbranched alkanes of at least 4 members (excludes halogenated alkanes) is 47. The summed E-state index contributed by atoms with van der Waals surface area (Å²) in [4.78, 5) is 24.6. The minimum Gasteiger partial charge on any atom is -0.466 e. The van der Waals surface area contributed by atoms with Gasteiger partial charge in [0, 0.05) is 12.8 Å². The Labute approximate surface area is 419 Å². The van der Waals surface area contributed by atoms with Crippen LogP contribution in [0, 0.1) is 0 Å². The fraction of sp³-hybridized carbons (Fsp3) is 0.967. The van der Waals surface area contributed by atoms with Crippen molar-refractivity contribution < 1.29 is 24.5 Å². The lowest BCUT2D eigenvalue weighted by molar-refractivity contribution is -0.143. The molecule has 0 aliphatic heterocycles. The van der Waals surface area contributed by atoms with Crippen molar-refractivity contribution >= 4 is 11.9 Å². The largest absolute Gasteiger partial charge is 0.466 e. The highest BCUT2D eigenvalue weighted by molar-refractivity contribution is 5.76. The van der Waals surface area contributed by atoms with Gasteiger partial charge in [0.1, 0.15) is 0 Å². The third-order valence-corrected chi connectivity index (χ3v) is 14.7. The highest BCUT2D eigenvalue weighted by atomic mass is 16.5. The summed E-state index contributed by atoms with van der Waals surface area (Å²) in [5.41, 5.74) is 0. The number of hydrogen-bond donors (Lipinski definition) is 3. The number of esters is 1. The van der Waals surface area contributed by atoms with E-state index >= 15 is 0 Å². The molecule has 0 aromatic heterocycles. The molecule has 0 spiro atoms. The van der Waals surface area contributed by atoms with Gasteiger partial charge in [0.2, 0.25) is 5.91 Å². The van der Waals surface area contributed by atoms with E-state index in [1.807, 2.05) is 0 Å². The summed E-state index contributed by atoms with van der Waals surface area (Å²) in [6.45, 7) is 4.98. The Bertz CT molecular complexity index is 959. The van der Waals surface area contributed by atoms with E-state index in [-0.39, 0.29) is 18.5 Å². The van der Waals surface area contributed by atoms with Gasteiger partial charge in [0.05, 0.1) is 25.4 Å². The Morgan fingerprint density at radius 3 is 0.910 bits per heavy atom. The quantitative estimate of drug-likeness (QED) is 0.0417. The summed E-state index contributed by atoms with van der Waals surface area (Å²) in [6.07, 6.45) is 66.8. The number of aliphatic hydroxyl groups is 2. The number of carbonyl (C=O) groups excluding carboxylic acids is 2. The zero-order chi connectivity index (χ0) is 48.6. The monoisotopic (exact) mass is 948 g/mol. The number of aliphatic hydroxyl groups excluding tert-OH is 2. The van der Waals surface area contributed by atoms with Crippen LogP contribution in [0.4, 0.5) is 0 Å². The topological polar surface area (TPSA) is 95.9 Å². The molecule has 2 atom stereocenters. The predicted octanol–water partition coefficient (Wildman–Crippen LogP) is 19.1. The summed E-state index contributed by atoms with van der Waals surface area (Å²) < 4.78 is 5.50. The second-order valence-corrected chi connectivity index (χ2v) is 21.4. The Balaban J connectivity index is 3.37. The second-order valence-electron chi connectivity index (χ2n) is 21.4. The standard InChI is InChI=1S/C61H121NO5/c1-3-5-7-9-11-13-15-17-19-20-21-24-27-31-35-39-43-47-51-55-61(66)67-56-52-48-44-40-36-32-28-25-22-23-26-30-34-38-42-46-50-54-60(65)62-58(57-63)59(64)53-49-45-41-37-33-29-18-16-14-12-10-8-6-4-2/h58-59,63-64H,3-57H2,1-2H3,(H,62,65). The molecule has 0 bridgehead atoms. The van der Waals surface area contributed by atoms with E-state index < -0.39 is 12.1 Å². The van der Waals surface area contributed by atoms with Crippen molar-refractivity contribution in [2.75, 3.05) is 13.2 Å². The lowest BCUT2D eigenvalue weighted by atomic mass is 10.0. The number of ether oxygens (including phenoxy) is 1. The van der Waals surface area contributed by atoms with E-state index in [1.165, 1.54) is 283 Å².